The van der Waals surface area contributed by atoms with E-state index < -0.39 is 0 Å². The molecule has 0 radical (unpaired) electrons. The van der Waals surface area contributed by atoms with Crippen molar-refractivity contribution in [3.8, 4) is 23.5 Å². The summed E-state index contributed by atoms with van der Waals surface area (Å²) in [5.41, 5.74) is 7.64. The van der Waals surface area contributed by atoms with Gasteiger partial charge in [-0.3, -0.25) is 0 Å². The molecule has 0 amide bonds. The van der Waals surface area contributed by atoms with Crippen LogP contribution >= 0.6 is 0 Å². The molecule has 2 aromatic carbocycles. The van der Waals surface area contributed by atoms with Crippen LogP contribution in [0.1, 0.15) is 35.6 Å². The summed E-state index contributed by atoms with van der Waals surface area (Å²) in [6.07, 6.45) is 11.8. The van der Waals surface area contributed by atoms with Crippen LogP contribution in [0, 0.1) is 33.1 Å². The van der Waals surface area contributed by atoms with E-state index >= 15 is 0 Å². The van der Waals surface area contributed by atoms with Gasteiger partial charge in [-0.1, -0.05) is 49.2 Å². The number of benzene rings is 2. The van der Waals surface area contributed by atoms with Gasteiger partial charge in [0.15, 0.2) is 0 Å². The number of hydrogen-bond acceptors (Lipinski definition) is 1. The number of terminal acetylenes is 1. The highest BCUT2D eigenvalue weighted by Crippen LogP contribution is 2.31. The number of aryl methyl sites for hydroxylation is 2. The largest absolute Gasteiger partial charge is 0.489 e. The second kappa shape index (κ2) is 8.94. The molecular formula is C24H26O. The van der Waals surface area contributed by atoms with Gasteiger partial charge in [0.2, 0.25) is 0 Å². The van der Waals surface area contributed by atoms with Crippen molar-refractivity contribution in [3.05, 3.63) is 82.6 Å². The van der Waals surface area contributed by atoms with E-state index in [-0.39, 0.29) is 0 Å². The Kier molecular flexibility index (Phi) is 6.66. The first-order chi connectivity index (χ1) is 12.1. The van der Waals surface area contributed by atoms with Crippen molar-refractivity contribution in [2.75, 3.05) is 0 Å². The van der Waals surface area contributed by atoms with Gasteiger partial charge in [-0.2, -0.15) is 0 Å². The van der Waals surface area contributed by atoms with E-state index in [1.165, 1.54) is 33.4 Å². The summed E-state index contributed by atoms with van der Waals surface area (Å²) in [5, 5.41) is 0. The maximum atomic E-state index is 5.98. The lowest BCUT2D eigenvalue weighted by Crippen LogP contribution is -1.98. The molecule has 2 aromatic rings. The lowest BCUT2D eigenvalue weighted by atomic mass is 9.91. The summed E-state index contributed by atoms with van der Waals surface area (Å²) in [5.74, 6) is 3.32. The lowest BCUT2D eigenvalue weighted by Gasteiger charge is -2.16. The third-order valence-electron chi connectivity index (χ3n) is 4.34. The third kappa shape index (κ3) is 4.64. The van der Waals surface area contributed by atoms with Crippen LogP contribution in [0.3, 0.4) is 0 Å². The highest BCUT2D eigenvalue weighted by atomic mass is 16.5. The zero-order chi connectivity index (χ0) is 18.2. The standard InChI is InChI=1S/C24H26O/c1-6-8-15-22(11-7-2)25-17-21-14-10-16-23(20(21)5)24-18(3)12-9-13-19(24)4/h1,8-16H,7,17H2,2-5H3/b15-8-,22-11+. The molecule has 2 rings (SSSR count). The molecule has 0 bridgehead atoms. The van der Waals surface area contributed by atoms with Crippen LogP contribution in [0.15, 0.2) is 60.4 Å². The molecule has 0 unspecified atom stereocenters. The fourth-order valence-electron chi connectivity index (χ4n) is 3.02. The predicted molar refractivity (Wildman–Crippen MR) is 107 cm³/mol. The van der Waals surface area contributed by atoms with Gasteiger partial charge >= 0.3 is 0 Å². The van der Waals surface area contributed by atoms with Crippen LogP contribution in [-0.4, -0.2) is 0 Å². The molecule has 0 spiro atoms. The molecule has 128 valence electrons. The summed E-state index contributed by atoms with van der Waals surface area (Å²) >= 11 is 0. The highest BCUT2D eigenvalue weighted by Gasteiger charge is 2.11. The quantitative estimate of drug-likeness (QED) is 0.344. The molecule has 0 aliphatic heterocycles. The second-order valence-corrected chi connectivity index (χ2v) is 6.16. The molecule has 1 heteroatoms. The van der Waals surface area contributed by atoms with E-state index in [1.807, 2.05) is 12.2 Å². The van der Waals surface area contributed by atoms with Gasteiger partial charge in [0.05, 0.1) is 0 Å². The summed E-state index contributed by atoms with van der Waals surface area (Å²) in [4.78, 5) is 0. The molecular weight excluding hydrogens is 304 g/mol. The molecule has 0 aliphatic carbocycles. The molecule has 0 heterocycles. The average Bonchev–Trinajstić information content (AvgIpc) is 2.59. The molecule has 0 saturated heterocycles. The van der Waals surface area contributed by atoms with E-state index in [9.17, 15) is 0 Å². The predicted octanol–water partition coefficient (Wildman–Crippen LogP) is 6.28. The van der Waals surface area contributed by atoms with Crippen molar-refractivity contribution >= 4 is 0 Å². The van der Waals surface area contributed by atoms with E-state index in [4.69, 9.17) is 11.2 Å². The molecule has 1 nitrogen and oxygen atoms in total. The van der Waals surface area contributed by atoms with Crippen molar-refractivity contribution in [3.63, 3.8) is 0 Å². The first kappa shape index (κ1) is 18.6. The molecule has 25 heavy (non-hydrogen) atoms. The molecule has 0 atom stereocenters. The molecule has 0 fully saturated rings. The lowest BCUT2D eigenvalue weighted by molar-refractivity contribution is 0.209. The van der Waals surface area contributed by atoms with Crippen LogP contribution < -0.4 is 0 Å². The van der Waals surface area contributed by atoms with E-state index in [1.54, 1.807) is 6.08 Å². The molecule has 0 N–H and O–H groups in total. The first-order valence-electron chi connectivity index (χ1n) is 8.69. The van der Waals surface area contributed by atoms with Gasteiger partial charge in [-0.15, -0.1) is 6.42 Å². The summed E-state index contributed by atoms with van der Waals surface area (Å²) < 4.78 is 5.98. The van der Waals surface area contributed by atoms with Gasteiger partial charge < -0.3 is 4.74 Å². The third-order valence-corrected chi connectivity index (χ3v) is 4.34. The summed E-state index contributed by atoms with van der Waals surface area (Å²) in [6, 6.07) is 12.9. The summed E-state index contributed by atoms with van der Waals surface area (Å²) in [6.45, 7) is 9.11. The van der Waals surface area contributed by atoms with Crippen molar-refractivity contribution in [1.29, 1.82) is 0 Å². The van der Waals surface area contributed by atoms with Crippen LogP contribution in [0.2, 0.25) is 0 Å². The average molecular weight is 330 g/mol. The zero-order valence-electron chi connectivity index (χ0n) is 15.6. The zero-order valence-corrected chi connectivity index (χ0v) is 15.6. The molecule has 0 saturated carbocycles. The molecule has 0 aliphatic rings. The number of ether oxygens (including phenoxy) is 1. The van der Waals surface area contributed by atoms with E-state index in [0.29, 0.717) is 6.61 Å². The minimum atomic E-state index is 0.533. The smallest absolute Gasteiger partial charge is 0.116 e. The Hall–Kier alpha value is -2.72. The van der Waals surface area contributed by atoms with E-state index in [2.05, 4.69) is 70.0 Å². The van der Waals surface area contributed by atoms with Gasteiger partial charge in [-0.05, 0) is 78.8 Å². The molecule has 0 aromatic heterocycles. The van der Waals surface area contributed by atoms with Crippen LogP contribution in [0.4, 0.5) is 0 Å². The van der Waals surface area contributed by atoms with Crippen molar-refractivity contribution < 1.29 is 4.74 Å². The van der Waals surface area contributed by atoms with Crippen molar-refractivity contribution in [2.24, 2.45) is 0 Å². The van der Waals surface area contributed by atoms with Crippen molar-refractivity contribution in [2.45, 2.75) is 40.7 Å². The Morgan fingerprint density at radius 1 is 1.08 bits per heavy atom. The summed E-state index contributed by atoms with van der Waals surface area (Å²) in [7, 11) is 0. The maximum absolute atomic E-state index is 5.98. The Morgan fingerprint density at radius 2 is 1.76 bits per heavy atom. The Balaban J connectivity index is 2.32. The number of rotatable bonds is 6. The highest BCUT2D eigenvalue weighted by molar-refractivity contribution is 5.74. The first-order valence-corrected chi connectivity index (χ1v) is 8.69. The van der Waals surface area contributed by atoms with Gasteiger partial charge in [0, 0.05) is 0 Å². The van der Waals surface area contributed by atoms with Crippen molar-refractivity contribution in [1.82, 2.24) is 0 Å². The monoisotopic (exact) mass is 330 g/mol. The Bertz CT molecular complexity index is 811. The Morgan fingerprint density at radius 3 is 2.40 bits per heavy atom. The van der Waals surface area contributed by atoms with Crippen LogP contribution in [0.25, 0.3) is 11.1 Å². The number of hydrogen-bond donors (Lipinski definition) is 0. The van der Waals surface area contributed by atoms with E-state index in [0.717, 1.165) is 12.2 Å². The minimum Gasteiger partial charge on any atom is -0.489 e. The number of allylic oxidation sites excluding steroid dienone is 3. The minimum absolute atomic E-state index is 0.533. The topological polar surface area (TPSA) is 9.23 Å². The van der Waals surface area contributed by atoms with Crippen LogP contribution in [0.5, 0.6) is 0 Å². The fourth-order valence-corrected chi connectivity index (χ4v) is 3.02. The van der Waals surface area contributed by atoms with Gasteiger partial charge in [-0.25, -0.2) is 0 Å². The fraction of sp³-hybridized carbons (Fsp3) is 0.250. The maximum Gasteiger partial charge on any atom is 0.116 e. The van der Waals surface area contributed by atoms with Gasteiger partial charge in [0.25, 0.3) is 0 Å². The second-order valence-electron chi connectivity index (χ2n) is 6.16. The van der Waals surface area contributed by atoms with Crippen LogP contribution in [-0.2, 0) is 11.3 Å². The SMILES string of the molecule is C#C/C=C\C(=C/CC)OCc1cccc(-c2c(C)cccc2C)c1C. The van der Waals surface area contributed by atoms with Gasteiger partial charge in [0.1, 0.15) is 12.4 Å². The normalized spacial score (nSPS) is 11.6. The Labute approximate surface area is 152 Å².